The quantitative estimate of drug-likeness (QED) is 0.750. The number of hydrogen-bond acceptors (Lipinski definition) is 5. The van der Waals surface area contributed by atoms with Crippen LogP contribution in [-0.4, -0.2) is 25.2 Å². The minimum atomic E-state index is -0.460. The molecule has 0 bridgehead atoms. The van der Waals surface area contributed by atoms with E-state index in [1.807, 2.05) is 0 Å². The average molecular weight is 288 g/mol. The fraction of sp³-hybridized carbons (Fsp3) is 0.133. The molecule has 6 nitrogen and oxygen atoms in total. The number of nitrogens with one attached hydrogen (secondary N) is 1. The molecular weight excluding hydrogens is 272 g/mol. The molecule has 0 fully saturated rings. The van der Waals surface area contributed by atoms with Crippen molar-refractivity contribution >= 4 is 17.3 Å². The molecule has 2 rings (SSSR count). The number of aromatic hydroxyl groups is 1. The number of benzene rings is 2. The maximum absolute atomic E-state index is 12.2. The molecule has 0 saturated carbocycles. The Morgan fingerprint density at radius 3 is 2.52 bits per heavy atom. The molecule has 0 heterocycles. The summed E-state index contributed by atoms with van der Waals surface area (Å²) in [6.07, 6.45) is 0. The molecule has 0 radical (unpaired) electrons. The number of hydrogen-bond donors (Lipinski definition) is 3. The Kier molecular flexibility index (Phi) is 4.18. The third kappa shape index (κ3) is 3.00. The fourth-order valence-corrected chi connectivity index (χ4v) is 1.86. The highest BCUT2D eigenvalue weighted by molar-refractivity contribution is 6.06. The lowest BCUT2D eigenvalue weighted by Gasteiger charge is -2.11. The molecule has 6 heteroatoms. The first kappa shape index (κ1) is 14.5. The minimum absolute atomic E-state index is 0.116. The molecule has 2 aromatic carbocycles. The highest BCUT2D eigenvalue weighted by Crippen LogP contribution is 2.30. The van der Waals surface area contributed by atoms with Crippen LogP contribution in [0.4, 0.5) is 11.4 Å². The predicted molar refractivity (Wildman–Crippen MR) is 80.0 cm³/mol. The van der Waals surface area contributed by atoms with Crippen molar-refractivity contribution in [1.29, 1.82) is 0 Å². The zero-order valence-corrected chi connectivity index (χ0v) is 11.7. The van der Waals surface area contributed by atoms with E-state index in [2.05, 4.69) is 5.32 Å². The molecule has 1 amide bonds. The van der Waals surface area contributed by atoms with Gasteiger partial charge >= 0.3 is 0 Å². The number of nitrogens with two attached hydrogens (primary N) is 1. The van der Waals surface area contributed by atoms with E-state index in [0.717, 1.165) is 0 Å². The maximum Gasteiger partial charge on any atom is 0.259 e. The van der Waals surface area contributed by atoms with E-state index in [1.165, 1.54) is 20.3 Å². The topological polar surface area (TPSA) is 93.8 Å². The molecule has 0 aliphatic rings. The number of carbonyl (C=O) groups excluding carboxylic acids is 1. The molecule has 2 aromatic rings. The largest absolute Gasteiger partial charge is 0.504 e. The number of amides is 1. The van der Waals surface area contributed by atoms with Crippen molar-refractivity contribution in [1.82, 2.24) is 0 Å². The second-order valence-electron chi connectivity index (χ2n) is 4.27. The molecule has 4 N–H and O–H groups in total. The minimum Gasteiger partial charge on any atom is -0.504 e. The van der Waals surface area contributed by atoms with Gasteiger partial charge in [0.15, 0.2) is 11.5 Å². The molecule has 0 atom stereocenters. The van der Waals surface area contributed by atoms with Crippen LogP contribution in [-0.2, 0) is 0 Å². The Balaban J connectivity index is 2.26. The normalized spacial score (nSPS) is 10.0. The van der Waals surface area contributed by atoms with Gasteiger partial charge in [-0.1, -0.05) is 6.07 Å². The standard InChI is InChI=1S/C15H16N2O4/c1-20-12-5-3-4-10(14(12)18)15(19)17-9-6-7-11(16)13(8-9)21-2/h3-8,18H,16H2,1-2H3,(H,17,19). The van der Waals surface area contributed by atoms with E-state index >= 15 is 0 Å². The van der Waals surface area contributed by atoms with Crippen LogP contribution >= 0.6 is 0 Å². The summed E-state index contributed by atoms with van der Waals surface area (Å²) in [7, 11) is 2.91. The third-order valence-electron chi connectivity index (χ3n) is 2.95. The lowest BCUT2D eigenvalue weighted by Crippen LogP contribution is -2.12. The zero-order chi connectivity index (χ0) is 15.4. The van der Waals surface area contributed by atoms with Crippen molar-refractivity contribution in [3.8, 4) is 17.2 Å². The first-order valence-corrected chi connectivity index (χ1v) is 6.17. The summed E-state index contributed by atoms with van der Waals surface area (Å²) in [5.41, 5.74) is 6.81. The van der Waals surface area contributed by atoms with Gasteiger partial charge in [0.05, 0.1) is 25.5 Å². The molecule has 0 saturated heterocycles. The number of phenolic OH excluding ortho intramolecular Hbond substituents is 1. The van der Waals surface area contributed by atoms with Gasteiger partial charge in [0.25, 0.3) is 5.91 Å². The molecule has 110 valence electrons. The molecule has 0 spiro atoms. The number of phenols is 1. The second kappa shape index (κ2) is 6.04. The van der Waals surface area contributed by atoms with Gasteiger partial charge in [-0.25, -0.2) is 0 Å². The highest BCUT2D eigenvalue weighted by Gasteiger charge is 2.15. The number of para-hydroxylation sites is 1. The summed E-state index contributed by atoms with van der Waals surface area (Å²) < 4.78 is 10.1. The Labute approximate surface area is 122 Å². The average Bonchev–Trinajstić information content (AvgIpc) is 2.49. The van der Waals surface area contributed by atoms with Crippen LogP contribution in [0.5, 0.6) is 17.2 Å². The van der Waals surface area contributed by atoms with Crippen molar-refractivity contribution in [2.24, 2.45) is 0 Å². The number of methoxy groups -OCH3 is 2. The third-order valence-corrected chi connectivity index (χ3v) is 2.95. The monoisotopic (exact) mass is 288 g/mol. The van der Waals surface area contributed by atoms with Crippen molar-refractivity contribution in [3.05, 3.63) is 42.0 Å². The van der Waals surface area contributed by atoms with Crippen LogP contribution in [0.1, 0.15) is 10.4 Å². The molecular formula is C15H16N2O4. The molecule has 21 heavy (non-hydrogen) atoms. The van der Waals surface area contributed by atoms with Gasteiger partial charge in [-0.05, 0) is 24.3 Å². The predicted octanol–water partition coefficient (Wildman–Crippen LogP) is 2.24. The Bertz CT molecular complexity index is 671. The van der Waals surface area contributed by atoms with E-state index in [9.17, 15) is 9.90 Å². The van der Waals surface area contributed by atoms with Crippen LogP contribution in [0.25, 0.3) is 0 Å². The summed E-state index contributed by atoms with van der Waals surface area (Å²) >= 11 is 0. The van der Waals surface area contributed by atoms with Gasteiger partial charge in [0.1, 0.15) is 5.75 Å². The second-order valence-corrected chi connectivity index (χ2v) is 4.27. The number of nitrogen functional groups attached to an aromatic ring is 1. The van der Waals surface area contributed by atoms with Crippen LogP contribution in [0.2, 0.25) is 0 Å². The highest BCUT2D eigenvalue weighted by atomic mass is 16.5. The van der Waals surface area contributed by atoms with E-state index < -0.39 is 5.91 Å². The van der Waals surface area contributed by atoms with Crippen molar-refractivity contribution < 1.29 is 19.4 Å². The number of anilines is 2. The van der Waals surface area contributed by atoms with Crippen LogP contribution in [0.15, 0.2) is 36.4 Å². The summed E-state index contributed by atoms with van der Waals surface area (Å²) in [5, 5.41) is 12.6. The summed E-state index contributed by atoms with van der Waals surface area (Å²) in [6, 6.07) is 9.56. The Hall–Kier alpha value is -2.89. The number of ether oxygens (including phenoxy) is 2. The summed E-state index contributed by atoms with van der Waals surface area (Å²) in [5.74, 6) is 0.0262. The molecule has 0 unspecified atom stereocenters. The Morgan fingerprint density at radius 1 is 1.14 bits per heavy atom. The van der Waals surface area contributed by atoms with Gasteiger partial charge < -0.3 is 25.6 Å². The first-order valence-electron chi connectivity index (χ1n) is 6.17. The van der Waals surface area contributed by atoms with Crippen molar-refractivity contribution in [3.63, 3.8) is 0 Å². The maximum atomic E-state index is 12.2. The lowest BCUT2D eigenvalue weighted by atomic mass is 10.1. The van der Waals surface area contributed by atoms with Gasteiger partial charge in [-0.3, -0.25) is 4.79 Å². The summed E-state index contributed by atoms with van der Waals surface area (Å²) in [4.78, 5) is 12.2. The van der Waals surface area contributed by atoms with Crippen molar-refractivity contribution in [2.75, 3.05) is 25.3 Å². The van der Waals surface area contributed by atoms with E-state index in [-0.39, 0.29) is 17.1 Å². The van der Waals surface area contributed by atoms with Crippen LogP contribution in [0.3, 0.4) is 0 Å². The van der Waals surface area contributed by atoms with Gasteiger partial charge in [-0.15, -0.1) is 0 Å². The molecule has 0 aliphatic heterocycles. The van der Waals surface area contributed by atoms with Gasteiger partial charge in [-0.2, -0.15) is 0 Å². The Morgan fingerprint density at radius 2 is 1.86 bits per heavy atom. The van der Waals surface area contributed by atoms with Crippen LogP contribution in [0, 0.1) is 0 Å². The zero-order valence-electron chi connectivity index (χ0n) is 11.7. The SMILES string of the molecule is COc1cc(NC(=O)c2cccc(OC)c2O)ccc1N. The first-order chi connectivity index (χ1) is 10.1. The number of rotatable bonds is 4. The lowest BCUT2D eigenvalue weighted by molar-refractivity contribution is 0.102. The van der Waals surface area contributed by atoms with E-state index in [4.69, 9.17) is 15.2 Å². The fourth-order valence-electron chi connectivity index (χ4n) is 1.86. The van der Waals surface area contributed by atoms with Gasteiger partial charge in [0, 0.05) is 11.8 Å². The summed E-state index contributed by atoms with van der Waals surface area (Å²) in [6.45, 7) is 0. The molecule has 0 aromatic heterocycles. The number of carbonyl (C=O) groups is 1. The van der Waals surface area contributed by atoms with E-state index in [0.29, 0.717) is 17.1 Å². The smallest absolute Gasteiger partial charge is 0.259 e. The van der Waals surface area contributed by atoms with E-state index in [1.54, 1.807) is 30.3 Å². The van der Waals surface area contributed by atoms with Gasteiger partial charge in [0.2, 0.25) is 0 Å². The van der Waals surface area contributed by atoms with Crippen molar-refractivity contribution in [2.45, 2.75) is 0 Å². The molecule has 0 aliphatic carbocycles. The van der Waals surface area contributed by atoms with Crippen LogP contribution < -0.4 is 20.5 Å².